The third kappa shape index (κ3) is 2.42. The summed E-state index contributed by atoms with van der Waals surface area (Å²) in [4.78, 5) is 40.2. The lowest BCUT2D eigenvalue weighted by Gasteiger charge is -2.53. The maximum atomic E-state index is 12.4. The molecular weight excluding hydrogens is 322 g/mol. The zero-order chi connectivity index (χ0) is 16.6. The van der Waals surface area contributed by atoms with Crippen molar-refractivity contribution in [2.75, 3.05) is 0 Å². The maximum absolute atomic E-state index is 12.4. The fraction of sp³-hybridized carbons (Fsp3) is 0.286. The van der Waals surface area contributed by atoms with Crippen molar-refractivity contribution in [3.8, 4) is 5.75 Å². The molecule has 1 aromatic carbocycles. The summed E-state index contributed by atoms with van der Waals surface area (Å²) in [6.45, 7) is 1.17. The Labute approximate surface area is 135 Å². The van der Waals surface area contributed by atoms with Crippen molar-refractivity contribution in [2.24, 2.45) is 4.99 Å². The van der Waals surface area contributed by atoms with E-state index in [9.17, 15) is 19.5 Å². The van der Waals surface area contributed by atoms with Crippen molar-refractivity contribution in [1.29, 1.82) is 0 Å². The Morgan fingerprint density at radius 1 is 1.39 bits per heavy atom. The number of amides is 2. The van der Waals surface area contributed by atoms with E-state index in [1.165, 1.54) is 12.5 Å². The standard InChI is InChI=1S/C14H13N3O5S/c1-8(18)16-14(13(20)21)15-7-23-12-10(11(19)17(12)14)22-9-5-3-2-4-6-9/h2-7,10,12H,1H3,(H,16,18)(H,20,21). The smallest absolute Gasteiger partial charge is 0.375 e. The van der Waals surface area contributed by atoms with Gasteiger partial charge >= 0.3 is 11.8 Å². The van der Waals surface area contributed by atoms with Gasteiger partial charge in [-0.15, -0.1) is 0 Å². The minimum absolute atomic E-state index is 0.508. The molecule has 3 rings (SSSR count). The third-order valence-electron chi connectivity index (χ3n) is 3.44. The predicted octanol–water partition coefficient (Wildman–Crippen LogP) is 0.252. The van der Waals surface area contributed by atoms with Crippen LogP contribution < -0.4 is 10.1 Å². The summed E-state index contributed by atoms with van der Waals surface area (Å²) in [6.07, 6.45) is -0.832. The van der Waals surface area contributed by atoms with Gasteiger partial charge in [0.2, 0.25) is 12.0 Å². The number of aliphatic imine (C=N–C) groups is 1. The first kappa shape index (κ1) is 15.3. The van der Waals surface area contributed by atoms with Gasteiger partial charge in [-0.25, -0.2) is 9.79 Å². The van der Waals surface area contributed by atoms with Crippen molar-refractivity contribution >= 4 is 35.1 Å². The van der Waals surface area contributed by atoms with E-state index < -0.39 is 35.0 Å². The van der Waals surface area contributed by atoms with Crippen LogP contribution in [0.2, 0.25) is 0 Å². The lowest BCUT2D eigenvalue weighted by molar-refractivity contribution is -0.183. The van der Waals surface area contributed by atoms with Crippen LogP contribution in [0.5, 0.6) is 5.75 Å². The molecule has 1 fully saturated rings. The van der Waals surface area contributed by atoms with E-state index in [1.807, 2.05) is 6.07 Å². The topological polar surface area (TPSA) is 108 Å². The summed E-state index contributed by atoms with van der Waals surface area (Å²) >= 11 is 1.16. The van der Waals surface area contributed by atoms with Crippen molar-refractivity contribution < 1.29 is 24.2 Å². The number of thioether (sulfide) groups is 1. The molecule has 9 heteroatoms. The summed E-state index contributed by atoms with van der Waals surface area (Å²) in [6, 6.07) is 8.76. The molecule has 2 amide bonds. The highest BCUT2D eigenvalue weighted by atomic mass is 32.2. The minimum Gasteiger partial charge on any atom is -0.477 e. The normalized spacial score (nSPS) is 28.6. The molecule has 0 saturated carbocycles. The first-order valence-corrected chi connectivity index (χ1v) is 7.66. The summed E-state index contributed by atoms with van der Waals surface area (Å²) < 4.78 is 5.63. The number of nitrogens with zero attached hydrogens (tertiary/aromatic N) is 2. The predicted molar refractivity (Wildman–Crippen MR) is 81.8 cm³/mol. The number of carbonyl (C=O) groups is 3. The van der Waals surface area contributed by atoms with E-state index in [2.05, 4.69) is 10.3 Å². The molecule has 0 radical (unpaired) electrons. The summed E-state index contributed by atoms with van der Waals surface area (Å²) in [7, 11) is 0. The number of benzene rings is 1. The molecule has 1 aromatic rings. The maximum Gasteiger partial charge on any atom is 0.375 e. The number of β-lactam (4-membered cyclic amide) rings is 1. The van der Waals surface area contributed by atoms with Crippen LogP contribution in [0.1, 0.15) is 6.92 Å². The lowest BCUT2D eigenvalue weighted by Crippen LogP contribution is -2.79. The number of nitrogens with one attached hydrogen (secondary N) is 1. The number of carboxylic acids is 1. The summed E-state index contributed by atoms with van der Waals surface area (Å²) in [5.41, 5.74) is 1.32. The zero-order valence-corrected chi connectivity index (χ0v) is 12.8. The zero-order valence-electron chi connectivity index (χ0n) is 12.0. The second kappa shape index (κ2) is 5.58. The SMILES string of the molecule is CC(=O)NC1(C(=O)O)N=CSC2C(Oc3ccccc3)C(=O)N21. The van der Waals surface area contributed by atoms with Gasteiger partial charge in [-0.1, -0.05) is 30.0 Å². The van der Waals surface area contributed by atoms with E-state index in [0.717, 1.165) is 16.7 Å². The Morgan fingerprint density at radius 2 is 2.09 bits per heavy atom. The highest BCUT2D eigenvalue weighted by Gasteiger charge is 2.64. The average molecular weight is 335 g/mol. The molecule has 0 aliphatic carbocycles. The van der Waals surface area contributed by atoms with Crippen LogP contribution in [-0.2, 0) is 14.4 Å². The van der Waals surface area contributed by atoms with Crippen LogP contribution in [-0.4, -0.2) is 50.6 Å². The van der Waals surface area contributed by atoms with E-state index >= 15 is 0 Å². The Kier molecular flexibility index (Phi) is 3.72. The monoisotopic (exact) mass is 335 g/mol. The molecule has 0 spiro atoms. The molecule has 3 atom stereocenters. The number of para-hydroxylation sites is 1. The van der Waals surface area contributed by atoms with Gasteiger partial charge in [0.05, 0.1) is 5.55 Å². The lowest BCUT2D eigenvalue weighted by atomic mass is 10.1. The number of carboxylic acid groups (broad SMARTS) is 1. The van der Waals surface area contributed by atoms with Crippen molar-refractivity contribution in [3.05, 3.63) is 30.3 Å². The number of hydrogen-bond acceptors (Lipinski definition) is 6. The first-order chi connectivity index (χ1) is 11.0. The fourth-order valence-electron chi connectivity index (χ4n) is 2.45. The number of rotatable bonds is 4. The summed E-state index contributed by atoms with van der Waals surface area (Å²) in [5.74, 6) is -4.18. The highest BCUT2D eigenvalue weighted by Crippen LogP contribution is 2.40. The van der Waals surface area contributed by atoms with Crippen LogP contribution in [0.3, 0.4) is 0 Å². The molecule has 0 bridgehead atoms. The molecule has 2 aliphatic rings. The molecular formula is C14H13N3O5S. The van der Waals surface area contributed by atoms with Crippen molar-refractivity contribution in [1.82, 2.24) is 10.2 Å². The number of aliphatic carboxylic acids is 1. The Hall–Kier alpha value is -2.55. The van der Waals surface area contributed by atoms with Gasteiger partial charge < -0.3 is 15.2 Å². The second-order valence-corrected chi connectivity index (χ2v) is 5.95. The highest BCUT2D eigenvalue weighted by molar-refractivity contribution is 8.12. The van der Waals surface area contributed by atoms with Gasteiger partial charge in [0.1, 0.15) is 11.1 Å². The van der Waals surface area contributed by atoms with Crippen molar-refractivity contribution in [2.45, 2.75) is 24.2 Å². The number of carbonyl (C=O) groups excluding carboxylic acids is 2. The molecule has 1 saturated heterocycles. The molecule has 2 N–H and O–H groups in total. The Morgan fingerprint density at radius 3 is 2.70 bits per heavy atom. The van der Waals surface area contributed by atoms with Gasteiger partial charge in [0.15, 0.2) is 0 Å². The molecule has 3 unspecified atom stereocenters. The van der Waals surface area contributed by atoms with Crippen molar-refractivity contribution in [3.63, 3.8) is 0 Å². The first-order valence-electron chi connectivity index (χ1n) is 6.72. The fourth-order valence-corrected chi connectivity index (χ4v) is 3.48. The van der Waals surface area contributed by atoms with Gasteiger partial charge in [-0.3, -0.25) is 14.5 Å². The van der Waals surface area contributed by atoms with Gasteiger partial charge in [-0.2, -0.15) is 0 Å². The minimum atomic E-state index is -2.12. The number of ether oxygens (including phenoxy) is 1. The van der Waals surface area contributed by atoms with Crippen LogP contribution in [0.25, 0.3) is 0 Å². The van der Waals surface area contributed by atoms with Crippen LogP contribution in [0.15, 0.2) is 35.3 Å². The van der Waals surface area contributed by atoms with Gasteiger partial charge in [-0.05, 0) is 12.1 Å². The molecule has 0 aromatic heterocycles. The van der Waals surface area contributed by atoms with Gasteiger partial charge in [0.25, 0.3) is 5.91 Å². The number of fused-ring (bicyclic) bond motifs is 1. The quantitative estimate of drug-likeness (QED) is 0.764. The Bertz CT molecular complexity index is 695. The van der Waals surface area contributed by atoms with E-state index in [1.54, 1.807) is 24.3 Å². The Balaban J connectivity index is 1.86. The number of hydrogen-bond donors (Lipinski definition) is 2. The summed E-state index contributed by atoms with van der Waals surface area (Å²) in [5, 5.41) is 11.1. The average Bonchev–Trinajstić information content (AvgIpc) is 2.52. The van der Waals surface area contributed by atoms with E-state index in [-0.39, 0.29) is 0 Å². The molecule has 2 aliphatic heterocycles. The largest absolute Gasteiger partial charge is 0.477 e. The molecule has 2 heterocycles. The van der Waals surface area contributed by atoms with Crippen LogP contribution in [0.4, 0.5) is 0 Å². The van der Waals surface area contributed by atoms with Crippen LogP contribution >= 0.6 is 11.8 Å². The molecule has 120 valence electrons. The molecule has 8 nitrogen and oxygen atoms in total. The van der Waals surface area contributed by atoms with E-state index in [0.29, 0.717) is 5.75 Å². The second-order valence-electron chi connectivity index (χ2n) is 4.98. The van der Waals surface area contributed by atoms with Gasteiger partial charge in [0, 0.05) is 6.92 Å². The van der Waals surface area contributed by atoms with Crippen LogP contribution in [0, 0.1) is 0 Å². The third-order valence-corrected chi connectivity index (χ3v) is 4.40. The van der Waals surface area contributed by atoms with E-state index in [4.69, 9.17) is 4.74 Å². The molecule has 23 heavy (non-hydrogen) atoms.